The van der Waals surface area contributed by atoms with Gasteiger partial charge >= 0.3 is 0 Å². The molecule has 14 heavy (non-hydrogen) atoms. The Morgan fingerprint density at radius 2 is 1.57 bits per heavy atom. The van der Waals surface area contributed by atoms with Crippen LogP contribution >= 0.6 is 0 Å². The molecule has 0 aliphatic carbocycles. The van der Waals surface area contributed by atoms with Gasteiger partial charge in [0.25, 0.3) is 0 Å². The number of rotatable bonds is 7. The van der Waals surface area contributed by atoms with Crippen LogP contribution in [-0.2, 0) is 0 Å². The Bertz CT molecular complexity index is 170. The standard InChI is InChI=1S/C11H23NO2/c1-4-6-8-11(13,9-7-5-2)10(3)12-14/h13-14H,4-9H2,1-3H3. The molecule has 0 spiro atoms. The second-order valence-corrected chi connectivity index (χ2v) is 3.92. The Hall–Kier alpha value is -0.570. The Labute approximate surface area is 86.8 Å². The predicted octanol–water partition coefficient (Wildman–Crippen LogP) is 2.95. The van der Waals surface area contributed by atoms with Gasteiger partial charge in [-0.15, -0.1) is 0 Å². The molecule has 0 fully saturated rings. The van der Waals surface area contributed by atoms with Gasteiger partial charge in [0.05, 0.1) is 5.71 Å². The third-order valence-corrected chi connectivity index (χ3v) is 2.71. The molecule has 84 valence electrons. The molecule has 0 saturated carbocycles. The Morgan fingerprint density at radius 1 is 1.14 bits per heavy atom. The second kappa shape index (κ2) is 6.82. The molecular weight excluding hydrogens is 178 g/mol. The Morgan fingerprint density at radius 3 is 1.86 bits per heavy atom. The third-order valence-electron chi connectivity index (χ3n) is 2.71. The summed E-state index contributed by atoms with van der Waals surface area (Å²) < 4.78 is 0. The summed E-state index contributed by atoms with van der Waals surface area (Å²) in [7, 11) is 0. The molecule has 0 heterocycles. The molecule has 0 atom stereocenters. The number of hydrogen-bond acceptors (Lipinski definition) is 3. The van der Waals surface area contributed by atoms with Crippen molar-refractivity contribution in [2.75, 3.05) is 0 Å². The van der Waals surface area contributed by atoms with E-state index in [-0.39, 0.29) is 0 Å². The van der Waals surface area contributed by atoms with E-state index in [0.29, 0.717) is 18.6 Å². The van der Waals surface area contributed by atoms with Crippen molar-refractivity contribution in [3.8, 4) is 0 Å². The van der Waals surface area contributed by atoms with E-state index >= 15 is 0 Å². The predicted molar refractivity (Wildman–Crippen MR) is 58.9 cm³/mol. The molecule has 0 aromatic carbocycles. The molecule has 0 saturated heterocycles. The first kappa shape index (κ1) is 13.4. The molecule has 2 N–H and O–H groups in total. The maximum absolute atomic E-state index is 10.3. The highest BCUT2D eigenvalue weighted by molar-refractivity contribution is 5.89. The van der Waals surface area contributed by atoms with Crippen molar-refractivity contribution in [2.45, 2.75) is 64.9 Å². The van der Waals surface area contributed by atoms with Crippen molar-refractivity contribution in [1.82, 2.24) is 0 Å². The SMILES string of the molecule is CCCCC(O)(CCCC)C(C)=NO. The van der Waals surface area contributed by atoms with Gasteiger partial charge in [0.2, 0.25) is 0 Å². The molecule has 0 aromatic heterocycles. The lowest BCUT2D eigenvalue weighted by Gasteiger charge is -2.27. The van der Waals surface area contributed by atoms with Gasteiger partial charge in [-0.25, -0.2) is 0 Å². The Kier molecular flexibility index (Phi) is 6.54. The summed E-state index contributed by atoms with van der Waals surface area (Å²) in [6, 6.07) is 0. The molecule has 0 bridgehead atoms. The first-order chi connectivity index (χ1) is 6.60. The second-order valence-electron chi connectivity index (χ2n) is 3.92. The number of unbranched alkanes of at least 4 members (excludes halogenated alkanes) is 2. The van der Waals surface area contributed by atoms with Gasteiger partial charge in [-0.3, -0.25) is 0 Å². The molecule has 3 heteroatoms. The van der Waals surface area contributed by atoms with E-state index in [0.717, 1.165) is 25.7 Å². The summed E-state index contributed by atoms with van der Waals surface area (Å²) >= 11 is 0. The average molecular weight is 201 g/mol. The van der Waals surface area contributed by atoms with Crippen LogP contribution < -0.4 is 0 Å². The molecule has 0 unspecified atom stereocenters. The highest BCUT2D eigenvalue weighted by Gasteiger charge is 2.29. The largest absolute Gasteiger partial charge is 0.411 e. The van der Waals surface area contributed by atoms with E-state index in [2.05, 4.69) is 19.0 Å². The summed E-state index contributed by atoms with van der Waals surface area (Å²) in [5, 5.41) is 22.1. The van der Waals surface area contributed by atoms with Crippen LogP contribution in [0.2, 0.25) is 0 Å². The smallest absolute Gasteiger partial charge is 0.106 e. The summed E-state index contributed by atoms with van der Waals surface area (Å²) in [5.41, 5.74) is -0.444. The van der Waals surface area contributed by atoms with Crippen LogP contribution in [0.15, 0.2) is 5.16 Å². The molecule has 0 rings (SSSR count). The van der Waals surface area contributed by atoms with Crippen molar-refractivity contribution in [3.63, 3.8) is 0 Å². The zero-order valence-electron chi connectivity index (χ0n) is 9.58. The molecule has 0 aliphatic heterocycles. The normalized spacial score (nSPS) is 13.3. The van der Waals surface area contributed by atoms with Crippen molar-refractivity contribution in [2.24, 2.45) is 5.16 Å². The summed E-state index contributed by atoms with van der Waals surface area (Å²) in [6.45, 7) is 5.86. The monoisotopic (exact) mass is 201 g/mol. The van der Waals surface area contributed by atoms with E-state index in [1.165, 1.54) is 0 Å². The van der Waals surface area contributed by atoms with Gasteiger partial charge in [-0.2, -0.15) is 0 Å². The maximum atomic E-state index is 10.3. The molecule has 0 aromatic rings. The van der Waals surface area contributed by atoms with Gasteiger partial charge in [0.1, 0.15) is 5.60 Å². The fraction of sp³-hybridized carbons (Fsp3) is 0.909. The minimum atomic E-state index is -0.888. The third kappa shape index (κ3) is 4.09. The lowest BCUT2D eigenvalue weighted by molar-refractivity contribution is 0.0830. The van der Waals surface area contributed by atoms with E-state index in [4.69, 9.17) is 5.21 Å². The summed E-state index contributed by atoms with van der Waals surface area (Å²) in [5.74, 6) is 0. The lowest BCUT2D eigenvalue weighted by atomic mass is 9.87. The van der Waals surface area contributed by atoms with Crippen LogP contribution in [0.5, 0.6) is 0 Å². The first-order valence-electron chi connectivity index (χ1n) is 5.52. The average Bonchev–Trinajstić information content (AvgIpc) is 2.22. The molecule has 0 amide bonds. The lowest BCUT2D eigenvalue weighted by Crippen LogP contribution is -2.37. The number of nitrogens with zero attached hydrogens (tertiary/aromatic N) is 1. The van der Waals surface area contributed by atoms with Crippen molar-refractivity contribution in [3.05, 3.63) is 0 Å². The highest BCUT2D eigenvalue weighted by Crippen LogP contribution is 2.23. The summed E-state index contributed by atoms with van der Waals surface area (Å²) in [6.07, 6.45) is 5.42. The van der Waals surface area contributed by atoms with Crippen LogP contribution in [-0.4, -0.2) is 21.6 Å². The summed E-state index contributed by atoms with van der Waals surface area (Å²) in [4.78, 5) is 0. The van der Waals surface area contributed by atoms with E-state index < -0.39 is 5.60 Å². The van der Waals surface area contributed by atoms with Crippen LogP contribution in [0.1, 0.15) is 59.3 Å². The Balaban J connectivity index is 4.32. The van der Waals surface area contributed by atoms with Gasteiger partial charge in [-0.05, 0) is 19.8 Å². The van der Waals surface area contributed by atoms with Gasteiger partial charge in [0.15, 0.2) is 0 Å². The molecule has 0 radical (unpaired) electrons. The minimum absolute atomic E-state index is 0.444. The van der Waals surface area contributed by atoms with Crippen LogP contribution in [0, 0.1) is 0 Å². The number of hydrogen-bond donors (Lipinski definition) is 2. The van der Waals surface area contributed by atoms with Gasteiger partial charge < -0.3 is 10.3 Å². The van der Waals surface area contributed by atoms with E-state index in [9.17, 15) is 5.11 Å². The number of oxime groups is 1. The molecule has 0 aliphatic rings. The fourth-order valence-corrected chi connectivity index (χ4v) is 1.52. The van der Waals surface area contributed by atoms with Gasteiger partial charge in [0, 0.05) is 0 Å². The van der Waals surface area contributed by atoms with Crippen LogP contribution in [0.4, 0.5) is 0 Å². The first-order valence-corrected chi connectivity index (χ1v) is 5.52. The van der Waals surface area contributed by atoms with Crippen molar-refractivity contribution >= 4 is 5.71 Å². The van der Waals surface area contributed by atoms with Crippen molar-refractivity contribution < 1.29 is 10.3 Å². The van der Waals surface area contributed by atoms with Gasteiger partial charge in [-0.1, -0.05) is 44.7 Å². The topological polar surface area (TPSA) is 52.8 Å². The highest BCUT2D eigenvalue weighted by atomic mass is 16.4. The van der Waals surface area contributed by atoms with Crippen LogP contribution in [0.25, 0.3) is 0 Å². The van der Waals surface area contributed by atoms with Crippen molar-refractivity contribution in [1.29, 1.82) is 0 Å². The minimum Gasteiger partial charge on any atom is -0.411 e. The quantitative estimate of drug-likeness (QED) is 0.378. The molecular formula is C11H23NO2. The fourth-order valence-electron chi connectivity index (χ4n) is 1.52. The zero-order chi connectivity index (χ0) is 11.0. The van der Waals surface area contributed by atoms with E-state index in [1.54, 1.807) is 6.92 Å². The molecule has 3 nitrogen and oxygen atoms in total. The number of aliphatic hydroxyl groups is 1. The maximum Gasteiger partial charge on any atom is 0.106 e. The zero-order valence-corrected chi connectivity index (χ0v) is 9.58. The van der Waals surface area contributed by atoms with Crippen LogP contribution in [0.3, 0.4) is 0 Å². The van der Waals surface area contributed by atoms with E-state index in [1.807, 2.05) is 0 Å².